The van der Waals surface area contributed by atoms with Crippen molar-refractivity contribution in [3.63, 3.8) is 0 Å². The minimum atomic E-state index is -0.940. The number of carboxylic acids is 1. The highest BCUT2D eigenvalue weighted by Gasteiger charge is 1.95. The quantitative estimate of drug-likeness (QED) is 0.280. The lowest BCUT2D eigenvalue weighted by molar-refractivity contribution is -0.131. The second-order valence-corrected chi connectivity index (χ2v) is 5.95. The van der Waals surface area contributed by atoms with Gasteiger partial charge in [0.15, 0.2) is 0 Å². The Labute approximate surface area is 146 Å². The van der Waals surface area contributed by atoms with E-state index in [1.54, 1.807) is 6.08 Å². The third kappa shape index (κ3) is 10.7. The number of hydrogen-bond acceptors (Lipinski definition) is 2. The molecule has 0 saturated carbocycles. The topological polar surface area (TPSA) is 46.5 Å². The number of unbranched alkanes of at least 4 members (excludes halogenated alkanes) is 7. The molecule has 132 valence electrons. The van der Waals surface area contributed by atoms with Gasteiger partial charge in [-0.2, -0.15) is 0 Å². The van der Waals surface area contributed by atoms with Crippen molar-refractivity contribution in [1.82, 2.24) is 0 Å². The molecular formula is C21H30O3. The van der Waals surface area contributed by atoms with Gasteiger partial charge >= 0.3 is 5.97 Å². The fourth-order valence-corrected chi connectivity index (χ4v) is 2.41. The number of hydrogen-bond donors (Lipinski definition) is 1. The van der Waals surface area contributed by atoms with Crippen molar-refractivity contribution in [3.05, 3.63) is 48.1 Å². The van der Waals surface area contributed by atoms with Crippen LogP contribution in [0.4, 0.5) is 0 Å². The highest BCUT2D eigenvalue weighted by Crippen LogP contribution is 2.14. The maximum absolute atomic E-state index is 10.3. The van der Waals surface area contributed by atoms with Crippen molar-refractivity contribution in [2.45, 2.75) is 58.3 Å². The molecule has 1 aromatic carbocycles. The lowest BCUT2D eigenvalue weighted by Gasteiger charge is -2.06. The number of benzene rings is 1. The molecule has 0 fully saturated rings. The zero-order chi connectivity index (χ0) is 17.5. The average Bonchev–Trinajstić information content (AvgIpc) is 2.58. The predicted molar refractivity (Wildman–Crippen MR) is 100 cm³/mol. The van der Waals surface area contributed by atoms with E-state index in [1.807, 2.05) is 30.3 Å². The number of ether oxygens (including phenoxy) is 1. The minimum Gasteiger partial charge on any atom is -0.494 e. The van der Waals surface area contributed by atoms with E-state index in [9.17, 15) is 4.79 Å². The van der Waals surface area contributed by atoms with Gasteiger partial charge in [0.25, 0.3) is 0 Å². The molecule has 0 spiro atoms. The van der Waals surface area contributed by atoms with Gasteiger partial charge in [-0.3, -0.25) is 0 Å². The Bertz CT molecular complexity index is 500. The molecule has 0 amide bonds. The molecule has 0 atom stereocenters. The second-order valence-electron chi connectivity index (χ2n) is 5.95. The van der Waals surface area contributed by atoms with Gasteiger partial charge in [0.2, 0.25) is 0 Å². The van der Waals surface area contributed by atoms with Crippen molar-refractivity contribution in [3.8, 4) is 5.75 Å². The Kier molecular flexibility index (Phi) is 11.2. The molecule has 1 N–H and O–H groups in total. The number of allylic oxidation sites excluding steroid dienone is 2. The summed E-state index contributed by atoms with van der Waals surface area (Å²) in [4.78, 5) is 10.3. The molecule has 0 unspecified atom stereocenters. The van der Waals surface area contributed by atoms with E-state index in [2.05, 4.69) is 6.92 Å². The number of carbonyl (C=O) groups is 1. The summed E-state index contributed by atoms with van der Waals surface area (Å²) in [6, 6.07) is 7.83. The second kappa shape index (κ2) is 13.4. The van der Waals surface area contributed by atoms with Gasteiger partial charge in [0.05, 0.1) is 6.61 Å². The van der Waals surface area contributed by atoms with Crippen LogP contribution in [-0.4, -0.2) is 17.7 Å². The van der Waals surface area contributed by atoms with Gasteiger partial charge in [0.1, 0.15) is 5.75 Å². The monoisotopic (exact) mass is 330 g/mol. The highest BCUT2D eigenvalue weighted by atomic mass is 16.5. The first kappa shape index (κ1) is 20.0. The molecule has 1 rings (SSSR count). The van der Waals surface area contributed by atoms with Gasteiger partial charge in [-0.25, -0.2) is 4.79 Å². The summed E-state index contributed by atoms with van der Waals surface area (Å²) in [5.41, 5.74) is 1.02. The third-order valence-corrected chi connectivity index (χ3v) is 3.79. The summed E-state index contributed by atoms with van der Waals surface area (Å²) in [5.74, 6) is -0.0551. The van der Waals surface area contributed by atoms with Crippen LogP contribution in [-0.2, 0) is 4.79 Å². The van der Waals surface area contributed by atoms with Gasteiger partial charge < -0.3 is 9.84 Å². The highest BCUT2D eigenvalue weighted by molar-refractivity contribution is 5.80. The van der Waals surface area contributed by atoms with E-state index >= 15 is 0 Å². The molecule has 0 heterocycles. The Hall–Kier alpha value is -2.03. The van der Waals surface area contributed by atoms with Crippen LogP contribution in [0.15, 0.2) is 42.5 Å². The molecule has 3 heteroatoms. The van der Waals surface area contributed by atoms with Crippen LogP contribution in [0.3, 0.4) is 0 Å². The van der Waals surface area contributed by atoms with Gasteiger partial charge in [-0.1, -0.05) is 82.2 Å². The standard InChI is InChI=1S/C21H30O3/c1-2-3-4-5-6-7-8-11-18-24-20-16-14-19(15-17-20)12-9-10-13-21(22)23/h9-10,12-17H,2-8,11,18H2,1H3,(H,22,23)/b12-9+,13-10+. The van der Waals surface area contributed by atoms with Crippen molar-refractivity contribution >= 4 is 12.0 Å². The number of carboxylic acid groups (broad SMARTS) is 1. The summed E-state index contributed by atoms with van der Waals surface area (Å²) in [5, 5.41) is 8.49. The maximum atomic E-state index is 10.3. The summed E-state index contributed by atoms with van der Waals surface area (Å²) in [7, 11) is 0. The molecule has 0 aliphatic carbocycles. The molecule has 0 aliphatic rings. The molecule has 0 saturated heterocycles. The van der Waals surface area contributed by atoms with Crippen molar-refractivity contribution in [1.29, 1.82) is 0 Å². The Morgan fingerprint density at radius 3 is 2.21 bits per heavy atom. The van der Waals surface area contributed by atoms with Crippen molar-refractivity contribution in [2.24, 2.45) is 0 Å². The third-order valence-electron chi connectivity index (χ3n) is 3.79. The number of rotatable bonds is 13. The first-order valence-electron chi connectivity index (χ1n) is 9.03. The van der Waals surface area contributed by atoms with Crippen LogP contribution in [0.1, 0.15) is 63.9 Å². The lowest BCUT2D eigenvalue weighted by atomic mass is 10.1. The smallest absolute Gasteiger partial charge is 0.328 e. The summed E-state index contributed by atoms with van der Waals surface area (Å²) < 4.78 is 5.75. The van der Waals surface area contributed by atoms with E-state index in [0.29, 0.717) is 0 Å². The zero-order valence-electron chi connectivity index (χ0n) is 14.7. The molecule has 24 heavy (non-hydrogen) atoms. The first-order chi connectivity index (χ1) is 11.7. The summed E-state index contributed by atoms with van der Waals surface area (Å²) >= 11 is 0. The van der Waals surface area contributed by atoms with Gasteiger partial charge in [-0.15, -0.1) is 0 Å². The van der Waals surface area contributed by atoms with E-state index in [0.717, 1.165) is 30.4 Å². The molecular weight excluding hydrogens is 300 g/mol. The van der Waals surface area contributed by atoms with E-state index < -0.39 is 5.97 Å². The lowest BCUT2D eigenvalue weighted by Crippen LogP contribution is -1.97. The average molecular weight is 330 g/mol. The SMILES string of the molecule is CCCCCCCCCCOc1ccc(/C=C/C=C/C(=O)O)cc1. The molecule has 3 nitrogen and oxygen atoms in total. The first-order valence-corrected chi connectivity index (χ1v) is 9.03. The molecule has 1 aromatic rings. The zero-order valence-corrected chi connectivity index (χ0v) is 14.7. The summed E-state index contributed by atoms with van der Waals surface area (Å²) in [6.45, 7) is 3.02. The van der Waals surface area contributed by atoms with E-state index in [-0.39, 0.29) is 0 Å². The van der Waals surface area contributed by atoms with Crippen molar-refractivity contribution < 1.29 is 14.6 Å². The molecule has 0 radical (unpaired) electrons. The Morgan fingerprint density at radius 1 is 0.958 bits per heavy atom. The van der Waals surface area contributed by atoms with Crippen LogP contribution < -0.4 is 4.74 Å². The minimum absolute atomic E-state index is 0.769. The Morgan fingerprint density at radius 2 is 1.58 bits per heavy atom. The largest absolute Gasteiger partial charge is 0.494 e. The van der Waals surface area contributed by atoms with Crippen LogP contribution in [0.5, 0.6) is 5.75 Å². The Balaban J connectivity index is 2.13. The maximum Gasteiger partial charge on any atom is 0.328 e. The van der Waals surface area contributed by atoms with Crippen LogP contribution >= 0.6 is 0 Å². The normalized spacial score (nSPS) is 11.4. The van der Waals surface area contributed by atoms with Gasteiger partial charge in [-0.05, 0) is 24.1 Å². The van der Waals surface area contributed by atoms with E-state index in [1.165, 1.54) is 51.0 Å². The summed E-state index contributed by atoms with van der Waals surface area (Å²) in [6.07, 6.45) is 16.6. The van der Waals surface area contributed by atoms with Crippen LogP contribution in [0, 0.1) is 0 Å². The van der Waals surface area contributed by atoms with Gasteiger partial charge in [0, 0.05) is 6.08 Å². The fourth-order valence-electron chi connectivity index (χ4n) is 2.41. The molecule has 0 bridgehead atoms. The molecule has 0 aliphatic heterocycles. The van der Waals surface area contributed by atoms with E-state index in [4.69, 9.17) is 9.84 Å². The predicted octanol–water partition coefficient (Wildman–Crippen LogP) is 5.86. The van der Waals surface area contributed by atoms with Crippen LogP contribution in [0.2, 0.25) is 0 Å². The fraction of sp³-hybridized carbons (Fsp3) is 0.476. The molecule has 0 aromatic heterocycles. The number of aliphatic carboxylic acids is 1. The van der Waals surface area contributed by atoms with Crippen LogP contribution in [0.25, 0.3) is 6.08 Å². The van der Waals surface area contributed by atoms with Crippen molar-refractivity contribution in [2.75, 3.05) is 6.61 Å².